The van der Waals surface area contributed by atoms with Crippen LogP contribution in [0.15, 0.2) is 30.3 Å². The zero-order valence-electron chi connectivity index (χ0n) is 12.6. The van der Waals surface area contributed by atoms with Crippen molar-refractivity contribution >= 4 is 5.97 Å². The summed E-state index contributed by atoms with van der Waals surface area (Å²) in [5.74, 6) is -0.119. The van der Waals surface area contributed by atoms with Gasteiger partial charge in [-0.1, -0.05) is 30.3 Å². The van der Waals surface area contributed by atoms with Gasteiger partial charge in [0, 0.05) is 19.1 Å². The quantitative estimate of drug-likeness (QED) is 0.926. The Morgan fingerprint density at radius 2 is 2.00 bits per heavy atom. The van der Waals surface area contributed by atoms with E-state index in [-0.39, 0.29) is 0 Å². The standard InChI is InChI=1S/C17H24N2O2/c1-18-10-5-8-14-12-19(11-9-15(14)18)16(17(20)21)13-6-3-2-4-7-13/h2-4,6-7,14-16H,5,8-12H2,1H3,(H,20,21). The molecule has 3 rings (SSSR count). The lowest BCUT2D eigenvalue weighted by molar-refractivity contribution is -0.145. The van der Waals surface area contributed by atoms with Crippen molar-refractivity contribution in [1.82, 2.24) is 9.80 Å². The van der Waals surface area contributed by atoms with Crippen molar-refractivity contribution in [1.29, 1.82) is 0 Å². The Kier molecular flexibility index (Phi) is 4.27. The van der Waals surface area contributed by atoms with Crippen LogP contribution >= 0.6 is 0 Å². The van der Waals surface area contributed by atoms with Crippen molar-refractivity contribution < 1.29 is 9.90 Å². The number of carboxylic acid groups (broad SMARTS) is 1. The minimum Gasteiger partial charge on any atom is -0.480 e. The number of aliphatic carboxylic acids is 1. The molecule has 0 aromatic heterocycles. The maximum Gasteiger partial charge on any atom is 0.325 e. The van der Waals surface area contributed by atoms with Gasteiger partial charge in [0.25, 0.3) is 0 Å². The topological polar surface area (TPSA) is 43.8 Å². The van der Waals surface area contributed by atoms with E-state index in [1.165, 1.54) is 19.4 Å². The molecule has 114 valence electrons. The molecule has 2 aliphatic heterocycles. The smallest absolute Gasteiger partial charge is 0.325 e. The van der Waals surface area contributed by atoms with Crippen LogP contribution in [0.1, 0.15) is 30.9 Å². The molecule has 4 nitrogen and oxygen atoms in total. The fourth-order valence-corrected chi connectivity index (χ4v) is 4.06. The second-order valence-corrected chi connectivity index (χ2v) is 6.39. The molecule has 1 N–H and O–H groups in total. The maximum absolute atomic E-state index is 11.8. The van der Waals surface area contributed by atoms with Gasteiger partial charge in [0.1, 0.15) is 6.04 Å². The van der Waals surface area contributed by atoms with Crippen molar-refractivity contribution in [2.45, 2.75) is 31.3 Å². The molecule has 0 saturated carbocycles. The van der Waals surface area contributed by atoms with Crippen LogP contribution in [0.25, 0.3) is 0 Å². The first-order chi connectivity index (χ1) is 10.2. The lowest BCUT2D eigenvalue weighted by atomic mass is 9.83. The third-order valence-corrected chi connectivity index (χ3v) is 5.09. The van der Waals surface area contributed by atoms with E-state index in [9.17, 15) is 9.90 Å². The van der Waals surface area contributed by atoms with Crippen LogP contribution in [0.2, 0.25) is 0 Å². The summed E-state index contributed by atoms with van der Waals surface area (Å²) < 4.78 is 0. The van der Waals surface area contributed by atoms with Gasteiger partial charge in [-0.25, -0.2) is 0 Å². The summed E-state index contributed by atoms with van der Waals surface area (Å²) >= 11 is 0. The second kappa shape index (κ2) is 6.16. The highest BCUT2D eigenvalue weighted by molar-refractivity contribution is 5.75. The summed E-state index contributed by atoms with van der Waals surface area (Å²) in [6.45, 7) is 2.96. The lowest BCUT2D eigenvalue weighted by Gasteiger charge is -2.47. The summed E-state index contributed by atoms with van der Waals surface area (Å²) in [5, 5.41) is 9.67. The monoisotopic (exact) mass is 288 g/mol. The minimum absolute atomic E-state index is 0.501. The Balaban J connectivity index is 1.77. The number of rotatable bonds is 3. The zero-order chi connectivity index (χ0) is 14.8. The molecular weight excluding hydrogens is 264 g/mol. The zero-order valence-corrected chi connectivity index (χ0v) is 12.6. The minimum atomic E-state index is -0.733. The Morgan fingerprint density at radius 1 is 1.24 bits per heavy atom. The van der Waals surface area contributed by atoms with Crippen LogP contribution in [0, 0.1) is 5.92 Å². The van der Waals surface area contributed by atoms with E-state index in [0.29, 0.717) is 12.0 Å². The van der Waals surface area contributed by atoms with Crippen LogP contribution in [0.5, 0.6) is 0 Å². The molecule has 1 aromatic carbocycles. The first-order valence-corrected chi connectivity index (χ1v) is 7.89. The molecule has 2 aliphatic rings. The van der Waals surface area contributed by atoms with E-state index in [0.717, 1.165) is 25.1 Å². The van der Waals surface area contributed by atoms with Gasteiger partial charge in [-0.2, -0.15) is 0 Å². The SMILES string of the molecule is CN1CCCC2CN(C(C(=O)O)c3ccccc3)CCC21. The third-order valence-electron chi connectivity index (χ3n) is 5.09. The predicted octanol–water partition coefficient (Wildman–Crippen LogP) is 2.23. The van der Waals surface area contributed by atoms with Gasteiger partial charge in [-0.05, 0) is 44.3 Å². The second-order valence-electron chi connectivity index (χ2n) is 6.39. The largest absolute Gasteiger partial charge is 0.480 e. The van der Waals surface area contributed by atoms with E-state index in [4.69, 9.17) is 0 Å². The number of carbonyl (C=O) groups is 1. The van der Waals surface area contributed by atoms with Gasteiger partial charge in [-0.3, -0.25) is 9.69 Å². The third kappa shape index (κ3) is 2.97. The average molecular weight is 288 g/mol. The summed E-state index contributed by atoms with van der Waals surface area (Å²) in [7, 11) is 2.21. The van der Waals surface area contributed by atoms with Gasteiger partial charge >= 0.3 is 5.97 Å². The molecule has 0 aliphatic carbocycles. The van der Waals surface area contributed by atoms with E-state index >= 15 is 0 Å². The van der Waals surface area contributed by atoms with Crippen molar-refractivity contribution in [3.8, 4) is 0 Å². The molecular formula is C17H24N2O2. The fourth-order valence-electron chi connectivity index (χ4n) is 4.06. The van der Waals surface area contributed by atoms with Crippen molar-refractivity contribution in [3.05, 3.63) is 35.9 Å². The van der Waals surface area contributed by atoms with Crippen LogP contribution in [-0.2, 0) is 4.79 Å². The van der Waals surface area contributed by atoms with E-state index < -0.39 is 12.0 Å². The number of benzene rings is 1. The first-order valence-electron chi connectivity index (χ1n) is 7.89. The van der Waals surface area contributed by atoms with E-state index in [2.05, 4.69) is 16.8 Å². The molecule has 3 unspecified atom stereocenters. The molecule has 2 heterocycles. The number of piperidine rings is 2. The highest BCUT2D eigenvalue weighted by atomic mass is 16.4. The molecule has 4 heteroatoms. The van der Waals surface area contributed by atoms with E-state index in [1.54, 1.807) is 0 Å². The number of likely N-dealkylation sites (tertiary alicyclic amines) is 2. The first kappa shape index (κ1) is 14.5. The summed E-state index contributed by atoms with van der Waals surface area (Å²) in [5.41, 5.74) is 0.896. The molecule has 2 saturated heterocycles. The fraction of sp³-hybridized carbons (Fsp3) is 0.588. The highest BCUT2D eigenvalue weighted by Gasteiger charge is 2.38. The molecule has 0 spiro atoms. The molecule has 3 atom stereocenters. The summed E-state index contributed by atoms with van der Waals surface area (Å²) in [4.78, 5) is 16.4. The van der Waals surface area contributed by atoms with Gasteiger partial charge in [0.2, 0.25) is 0 Å². The predicted molar refractivity (Wildman–Crippen MR) is 82.2 cm³/mol. The average Bonchev–Trinajstić information content (AvgIpc) is 2.48. The molecule has 0 bridgehead atoms. The Hall–Kier alpha value is -1.39. The number of hydrogen-bond donors (Lipinski definition) is 1. The highest BCUT2D eigenvalue weighted by Crippen LogP contribution is 2.33. The number of hydrogen-bond acceptors (Lipinski definition) is 3. The molecule has 21 heavy (non-hydrogen) atoms. The van der Waals surface area contributed by atoms with Gasteiger partial charge < -0.3 is 10.0 Å². The van der Waals surface area contributed by atoms with Crippen molar-refractivity contribution in [2.75, 3.05) is 26.7 Å². The van der Waals surface area contributed by atoms with Crippen LogP contribution < -0.4 is 0 Å². The summed E-state index contributed by atoms with van der Waals surface area (Å²) in [6.07, 6.45) is 3.54. The van der Waals surface area contributed by atoms with Gasteiger partial charge in [0.05, 0.1) is 0 Å². The summed E-state index contributed by atoms with van der Waals surface area (Å²) in [6, 6.07) is 9.78. The van der Waals surface area contributed by atoms with Gasteiger partial charge in [-0.15, -0.1) is 0 Å². The molecule has 0 amide bonds. The number of carboxylic acids is 1. The Labute approximate surface area is 126 Å². The van der Waals surface area contributed by atoms with Crippen molar-refractivity contribution in [2.24, 2.45) is 5.92 Å². The van der Waals surface area contributed by atoms with Crippen molar-refractivity contribution in [3.63, 3.8) is 0 Å². The van der Waals surface area contributed by atoms with Crippen LogP contribution in [0.3, 0.4) is 0 Å². The van der Waals surface area contributed by atoms with Crippen LogP contribution in [0.4, 0.5) is 0 Å². The lowest BCUT2D eigenvalue weighted by Crippen LogP contribution is -2.54. The van der Waals surface area contributed by atoms with Gasteiger partial charge in [0.15, 0.2) is 0 Å². The molecule has 0 radical (unpaired) electrons. The Morgan fingerprint density at radius 3 is 2.71 bits per heavy atom. The molecule has 2 fully saturated rings. The van der Waals surface area contributed by atoms with E-state index in [1.807, 2.05) is 30.3 Å². The number of fused-ring (bicyclic) bond motifs is 1. The van der Waals surface area contributed by atoms with Crippen LogP contribution in [-0.4, -0.2) is 53.6 Å². The molecule has 1 aromatic rings. The number of nitrogens with zero attached hydrogens (tertiary/aromatic N) is 2. The normalized spacial score (nSPS) is 28.8. The Bertz CT molecular complexity index is 491. The maximum atomic E-state index is 11.8.